The second-order valence-corrected chi connectivity index (χ2v) is 11.3. The van der Waals surface area contributed by atoms with Crippen LogP contribution in [-0.4, -0.2) is 55.1 Å². The van der Waals surface area contributed by atoms with E-state index in [2.05, 4.69) is 4.98 Å². The van der Waals surface area contributed by atoms with Gasteiger partial charge in [-0.2, -0.15) is 0 Å². The number of aromatic amines is 1. The Labute approximate surface area is 212 Å². The minimum atomic E-state index is -3.53. The zero-order chi connectivity index (χ0) is 26.7. The quantitative estimate of drug-likeness (QED) is 0.269. The summed E-state index contributed by atoms with van der Waals surface area (Å²) in [4.78, 5) is 19.8. The number of nitrogens with zero attached hydrogens (tertiary/aromatic N) is 2. The van der Waals surface area contributed by atoms with E-state index >= 15 is 0 Å². The SMILES string of the molecule is CCCC(=Nc1ccc(N(CC(C)(C)N)S(C)(=O)=O)cc1)c1c(O)[nH]c2cc(C(=O)OCC)ccc12. The number of nitrogens with two attached hydrogens (primary N) is 1. The van der Waals surface area contributed by atoms with E-state index in [4.69, 9.17) is 15.5 Å². The number of nitrogens with one attached hydrogen (secondary N) is 1. The normalized spacial score (nSPS) is 12.7. The summed E-state index contributed by atoms with van der Waals surface area (Å²) < 4.78 is 31.1. The smallest absolute Gasteiger partial charge is 0.338 e. The Hall–Kier alpha value is -3.37. The summed E-state index contributed by atoms with van der Waals surface area (Å²) in [7, 11) is -3.53. The molecular weight excluding hydrogens is 480 g/mol. The molecule has 1 heterocycles. The molecule has 0 aliphatic heterocycles. The van der Waals surface area contributed by atoms with Gasteiger partial charge in [0.05, 0.1) is 47.6 Å². The van der Waals surface area contributed by atoms with Crippen molar-refractivity contribution in [1.29, 1.82) is 0 Å². The van der Waals surface area contributed by atoms with Gasteiger partial charge in [0.15, 0.2) is 5.88 Å². The van der Waals surface area contributed by atoms with E-state index in [1.165, 1.54) is 4.31 Å². The molecule has 0 atom stereocenters. The molecule has 9 nitrogen and oxygen atoms in total. The highest BCUT2D eigenvalue weighted by molar-refractivity contribution is 7.92. The van der Waals surface area contributed by atoms with Crippen LogP contribution in [0.25, 0.3) is 10.9 Å². The lowest BCUT2D eigenvalue weighted by Crippen LogP contribution is -2.47. The molecule has 1 aromatic heterocycles. The summed E-state index contributed by atoms with van der Waals surface area (Å²) in [5.41, 5.74) is 8.68. The van der Waals surface area contributed by atoms with E-state index in [0.29, 0.717) is 40.2 Å². The van der Waals surface area contributed by atoms with Gasteiger partial charge < -0.3 is 20.6 Å². The number of aromatic nitrogens is 1. The van der Waals surface area contributed by atoms with E-state index in [1.54, 1.807) is 63.2 Å². The maximum atomic E-state index is 12.4. The van der Waals surface area contributed by atoms with Gasteiger partial charge in [-0.05, 0) is 63.6 Å². The van der Waals surface area contributed by atoms with Crippen molar-refractivity contribution in [2.45, 2.75) is 46.1 Å². The first-order chi connectivity index (χ1) is 16.8. The lowest BCUT2D eigenvalue weighted by molar-refractivity contribution is 0.0526. The fraction of sp³-hybridized carbons (Fsp3) is 0.385. The van der Waals surface area contributed by atoms with Crippen molar-refractivity contribution in [1.82, 2.24) is 4.98 Å². The zero-order valence-electron chi connectivity index (χ0n) is 21.3. The van der Waals surface area contributed by atoms with Crippen LogP contribution in [0.5, 0.6) is 5.88 Å². The number of ether oxygens (including phenoxy) is 1. The number of fused-ring (bicyclic) bond motifs is 1. The summed E-state index contributed by atoms with van der Waals surface area (Å²) in [6.45, 7) is 7.70. The number of esters is 1. The van der Waals surface area contributed by atoms with Crippen LogP contribution in [0.2, 0.25) is 0 Å². The molecule has 10 heteroatoms. The number of aliphatic imine (C=N–C) groups is 1. The van der Waals surface area contributed by atoms with Gasteiger partial charge in [-0.25, -0.2) is 13.2 Å². The molecule has 0 saturated heterocycles. The number of carbonyl (C=O) groups is 1. The van der Waals surface area contributed by atoms with Crippen LogP contribution in [0.1, 0.15) is 56.5 Å². The molecule has 0 saturated carbocycles. The van der Waals surface area contributed by atoms with Crippen LogP contribution in [0.4, 0.5) is 11.4 Å². The van der Waals surface area contributed by atoms with Crippen LogP contribution in [0, 0.1) is 0 Å². The molecule has 0 radical (unpaired) electrons. The standard InChI is InChI=1S/C26H34N4O5S/c1-6-8-21(23-20-14-9-17(25(32)35-7-2)15-22(20)29-24(23)31)28-18-10-12-19(13-11-18)30(36(5,33)34)16-26(3,4)27/h9-15,29,31H,6-8,16,27H2,1-5H3. The minimum absolute atomic E-state index is 0.0387. The number of sulfonamides is 1. The van der Waals surface area contributed by atoms with Crippen molar-refractivity contribution >= 4 is 44.0 Å². The number of carbonyl (C=O) groups excluding carboxylic acids is 1. The Morgan fingerprint density at radius 3 is 2.39 bits per heavy atom. The number of benzene rings is 2. The third-order valence-corrected chi connectivity index (χ3v) is 6.56. The third-order valence-electron chi connectivity index (χ3n) is 5.42. The maximum absolute atomic E-state index is 12.4. The summed E-state index contributed by atoms with van der Waals surface area (Å²) in [5, 5.41) is 11.5. The third kappa shape index (κ3) is 6.44. The molecular formula is C26H34N4O5S. The second-order valence-electron chi connectivity index (χ2n) is 9.41. The fourth-order valence-corrected chi connectivity index (χ4v) is 4.98. The molecule has 0 bridgehead atoms. The van der Waals surface area contributed by atoms with Crippen molar-refractivity contribution in [3.05, 3.63) is 53.6 Å². The average Bonchev–Trinajstić information content (AvgIpc) is 3.11. The lowest BCUT2D eigenvalue weighted by Gasteiger charge is -2.29. The van der Waals surface area contributed by atoms with Crippen LogP contribution in [0.15, 0.2) is 47.5 Å². The highest BCUT2D eigenvalue weighted by Gasteiger charge is 2.24. The predicted octanol–water partition coefficient (Wildman–Crippen LogP) is 4.47. The number of H-pyrrole nitrogens is 1. The average molecular weight is 515 g/mol. The molecule has 194 valence electrons. The Morgan fingerprint density at radius 1 is 1.17 bits per heavy atom. The van der Waals surface area contributed by atoms with E-state index in [9.17, 15) is 18.3 Å². The number of aromatic hydroxyl groups is 1. The maximum Gasteiger partial charge on any atom is 0.338 e. The predicted molar refractivity (Wildman–Crippen MR) is 144 cm³/mol. The van der Waals surface area contributed by atoms with E-state index in [-0.39, 0.29) is 19.0 Å². The molecule has 4 N–H and O–H groups in total. The first-order valence-electron chi connectivity index (χ1n) is 11.8. The van der Waals surface area contributed by atoms with Gasteiger partial charge in [0.25, 0.3) is 0 Å². The molecule has 3 rings (SSSR count). The summed E-state index contributed by atoms with van der Waals surface area (Å²) >= 11 is 0. The molecule has 0 aliphatic rings. The van der Waals surface area contributed by atoms with Crippen LogP contribution in [0.3, 0.4) is 0 Å². The largest absolute Gasteiger partial charge is 0.494 e. The molecule has 0 fully saturated rings. The van der Waals surface area contributed by atoms with Crippen molar-refractivity contribution in [3.63, 3.8) is 0 Å². The first-order valence-corrected chi connectivity index (χ1v) is 13.6. The Balaban J connectivity index is 2.01. The second kappa shape index (κ2) is 10.7. The van der Waals surface area contributed by atoms with E-state index in [1.807, 2.05) is 6.92 Å². The van der Waals surface area contributed by atoms with E-state index in [0.717, 1.165) is 18.1 Å². The van der Waals surface area contributed by atoms with Gasteiger partial charge in [-0.3, -0.25) is 9.30 Å². The Bertz CT molecular complexity index is 1370. The van der Waals surface area contributed by atoms with Gasteiger partial charge in [0.1, 0.15) is 0 Å². The number of hydrogen-bond acceptors (Lipinski definition) is 7. The van der Waals surface area contributed by atoms with Gasteiger partial charge in [-0.15, -0.1) is 0 Å². The fourth-order valence-electron chi connectivity index (χ4n) is 3.91. The highest BCUT2D eigenvalue weighted by atomic mass is 32.2. The summed E-state index contributed by atoms with van der Waals surface area (Å²) in [6.07, 6.45) is 2.54. The monoisotopic (exact) mass is 514 g/mol. The van der Waals surface area contributed by atoms with E-state index < -0.39 is 21.5 Å². The van der Waals surface area contributed by atoms with Crippen LogP contribution >= 0.6 is 0 Å². The summed E-state index contributed by atoms with van der Waals surface area (Å²) in [6, 6.07) is 11.9. The van der Waals surface area contributed by atoms with Crippen molar-refractivity contribution in [2.75, 3.05) is 23.7 Å². The van der Waals surface area contributed by atoms with Gasteiger partial charge in [-0.1, -0.05) is 19.4 Å². The molecule has 0 unspecified atom stereocenters. The van der Waals surface area contributed by atoms with Crippen molar-refractivity contribution < 1.29 is 23.1 Å². The van der Waals surface area contributed by atoms with Crippen molar-refractivity contribution in [2.24, 2.45) is 10.7 Å². The Kier molecular flexibility index (Phi) is 8.10. The topological polar surface area (TPSA) is 138 Å². The highest BCUT2D eigenvalue weighted by Crippen LogP contribution is 2.32. The first kappa shape index (κ1) is 27.2. The number of hydrogen-bond donors (Lipinski definition) is 3. The van der Waals surface area contributed by atoms with Crippen molar-refractivity contribution in [3.8, 4) is 5.88 Å². The Morgan fingerprint density at radius 2 is 1.83 bits per heavy atom. The zero-order valence-corrected chi connectivity index (χ0v) is 22.1. The molecule has 0 amide bonds. The van der Waals surface area contributed by atoms with Crippen LogP contribution < -0.4 is 10.0 Å². The molecule has 0 aliphatic carbocycles. The lowest BCUT2D eigenvalue weighted by atomic mass is 10.0. The minimum Gasteiger partial charge on any atom is -0.494 e. The molecule has 2 aromatic carbocycles. The summed E-state index contributed by atoms with van der Waals surface area (Å²) in [5.74, 6) is -0.470. The van der Waals surface area contributed by atoms with Gasteiger partial charge >= 0.3 is 5.97 Å². The molecule has 3 aromatic rings. The van der Waals surface area contributed by atoms with Gasteiger partial charge in [0.2, 0.25) is 10.0 Å². The van der Waals surface area contributed by atoms with Crippen LogP contribution in [-0.2, 0) is 14.8 Å². The van der Waals surface area contributed by atoms with Gasteiger partial charge in [0, 0.05) is 16.4 Å². The molecule has 36 heavy (non-hydrogen) atoms. The number of rotatable bonds is 10. The molecule has 0 spiro atoms. The number of anilines is 1.